The summed E-state index contributed by atoms with van der Waals surface area (Å²) in [6, 6.07) is -0.621. The van der Waals surface area contributed by atoms with Gasteiger partial charge in [0.15, 0.2) is 39.6 Å². The molecule has 14 heteroatoms. The Morgan fingerprint density at radius 3 is 1.79 bits per heavy atom. The fourth-order valence-electron chi connectivity index (χ4n) is 3.40. The van der Waals surface area contributed by atoms with E-state index in [4.69, 9.17) is 28.0 Å². The maximum Gasteiger partial charge on any atom is 0.226 e. The van der Waals surface area contributed by atoms with Gasteiger partial charge in [0, 0.05) is 4.91 Å². The molecular formula is C20H46N4O6Si4. The van der Waals surface area contributed by atoms with Crippen LogP contribution >= 0.6 is 0 Å². The molecule has 0 aromatic carbocycles. The molecule has 0 aromatic rings. The molecule has 1 N–H and O–H groups in total. The summed E-state index contributed by atoms with van der Waals surface area (Å²) in [7, 11) is -8.03. The highest BCUT2D eigenvalue weighted by Gasteiger charge is 2.51. The van der Waals surface area contributed by atoms with Crippen molar-refractivity contribution < 1.29 is 27.2 Å². The molecule has 1 fully saturated rings. The van der Waals surface area contributed by atoms with E-state index >= 15 is 0 Å². The minimum atomic E-state index is -2.09. The number of nitrogens with one attached hydrogen (secondary N) is 1. The van der Waals surface area contributed by atoms with Crippen molar-refractivity contribution in [1.82, 2.24) is 5.32 Å². The van der Waals surface area contributed by atoms with Gasteiger partial charge in [-0.05, 0) is 84.1 Å². The second-order valence-electron chi connectivity index (χ2n) is 12.6. The van der Waals surface area contributed by atoms with Crippen LogP contribution in [-0.4, -0.2) is 83.0 Å². The minimum absolute atomic E-state index is 0.311. The number of nitrogens with zero attached hydrogens (tertiary/aromatic N) is 3. The predicted molar refractivity (Wildman–Crippen MR) is 145 cm³/mol. The Hall–Kier alpha value is -0.552. The Morgan fingerprint density at radius 1 is 0.853 bits per heavy atom. The number of ether oxygens (including phenoxy) is 1. The molecule has 1 aliphatic rings. The smallest absolute Gasteiger partial charge is 0.226 e. The molecule has 0 radical (unpaired) electrons. The maximum atomic E-state index is 12.7. The number of rotatable bonds is 12. The lowest BCUT2D eigenvalue weighted by molar-refractivity contribution is -0.238. The van der Waals surface area contributed by atoms with Crippen LogP contribution in [0.4, 0.5) is 0 Å². The minimum Gasteiger partial charge on any atom is -0.415 e. The van der Waals surface area contributed by atoms with Crippen molar-refractivity contribution in [3.05, 3.63) is 10.4 Å². The molecule has 34 heavy (non-hydrogen) atoms. The molecule has 1 unspecified atom stereocenters. The maximum absolute atomic E-state index is 12.7. The van der Waals surface area contributed by atoms with Crippen LogP contribution in [0.25, 0.3) is 10.4 Å². The van der Waals surface area contributed by atoms with Gasteiger partial charge >= 0.3 is 0 Å². The average molecular weight is 551 g/mol. The van der Waals surface area contributed by atoms with Crippen LogP contribution < -0.4 is 5.32 Å². The van der Waals surface area contributed by atoms with E-state index in [1.54, 1.807) is 0 Å². The van der Waals surface area contributed by atoms with Crippen LogP contribution in [0.1, 0.15) is 0 Å². The van der Waals surface area contributed by atoms with E-state index in [0.717, 1.165) is 0 Å². The first kappa shape index (κ1) is 31.5. The third-order valence-electron chi connectivity index (χ3n) is 4.38. The van der Waals surface area contributed by atoms with Gasteiger partial charge in [0.05, 0.1) is 12.7 Å². The van der Waals surface area contributed by atoms with Gasteiger partial charge in [-0.1, -0.05) is 5.11 Å². The van der Waals surface area contributed by atoms with Crippen molar-refractivity contribution in [1.29, 1.82) is 0 Å². The van der Waals surface area contributed by atoms with E-state index in [1.165, 1.54) is 0 Å². The molecule has 1 amide bonds. The Labute approximate surface area is 209 Å². The molecule has 10 nitrogen and oxygen atoms in total. The molecule has 1 heterocycles. The zero-order chi connectivity index (χ0) is 26.5. The Bertz CT molecular complexity index is 727. The van der Waals surface area contributed by atoms with E-state index in [0.29, 0.717) is 6.61 Å². The highest BCUT2D eigenvalue weighted by Crippen LogP contribution is 2.32. The normalized spacial score (nSPS) is 26.6. The van der Waals surface area contributed by atoms with Crippen LogP contribution in [-0.2, 0) is 27.2 Å². The SMILES string of the molecule is C[Si](C)(C)OC[C@H]1OC(O[Si](C)(C)C)[C@H](NC(=O)CN=[N+]=[N-])[C@@H](O[Si](C)(C)C)[C@H]1O[Si](C)(C)C. The fourth-order valence-corrected chi connectivity index (χ4v) is 7.16. The summed E-state index contributed by atoms with van der Waals surface area (Å²) in [5.41, 5.74) is 8.65. The highest BCUT2D eigenvalue weighted by atomic mass is 28.4. The Kier molecular flexibility index (Phi) is 11.2. The third-order valence-corrected chi connectivity index (χ3v) is 8.31. The van der Waals surface area contributed by atoms with Gasteiger partial charge < -0.3 is 27.8 Å². The molecule has 0 saturated carbocycles. The first-order valence-electron chi connectivity index (χ1n) is 11.8. The average Bonchev–Trinajstić information content (AvgIpc) is 2.59. The van der Waals surface area contributed by atoms with Crippen molar-refractivity contribution in [2.75, 3.05) is 13.2 Å². The first-order valence-corrected chi connectivity index (χ1v) is 25.5. The number of amides is 1. The quantitative estimate of drug-likeness (QED) is 0.163. The van der Waals surface area contributed by atoms with E-state index in [2.05, 4.69) is 93.9 Å². The van der Waals surface area contributed by atoms with Gasteiger partial charge in [-0.3, -0.25) is 4.79 Å². The van der Waals surface area contributed by atoms with Gasteiger partial charge in [-0.25, -0.2) is 0 Å². The number of carbonyl (C=O) groups is 1. The van der Waals surface area contributed by atoms with Gasteiger partial charge in [0.2, 0.25) is 5.91 Å². The lowest BCUT2D eigenvalue weighted by Crippen LogP contribution is -2.69. The van der Waals surface area contributed by atoms with E-state index in [9.17, 15) is 4.79 Å². The summed E-state index contributed by atoms with van der Waals surface area (Å²) in [5.74, 6) is -0.414. The summed E-state index contributed by atoms with van der Waals surface area (Å²) in [6.45, 7) is 25.3. The number of carbonyl (C=O) groups excluding carboxylic acids is 1. The van der Waals surface area contributed by atoms with Gasteiger partial charge in [-0.15, -0.1) is 0 Å². The van der Waals surface area contributed by atoms with Crippen molar-refractivity contribution in [3.63, 3.8) is 0 Å². The van der Waals surface area contributed by atoms with Crippen LogP contribution in [0.5, 0.6) is 0 Å². The molecule has 198 valence electrons. The largest absolute Gasteiger partial charge is 0.415 e. The monoisotopic (exact) mass is 550 g/mol. The van der Waals surface area contributed by atoms with Crippen molar-refractivity contribution >= 4 is 39.2 Å². The summed E-state index contributed by atoms with van der Waals surface area (Å²) >= 11 is 0. The van der Waals surface area contributed by atoms with Crippen LogP contribution in [0.3, 0.4) is 0 Å². The standard InChI is InChI=1S/C20H46N4O6Si4/c1-31(2,3)26-14-15-18(28-32(4,5)6)19(29-33(7,8)9)17(23-16(25)13-22-24-21)20(27-15)30-34(10,11)12/h15,17-20H,13-14H2,1-12H3,(H,23,25)/t15-,17-,18+,19-,20?/m1/s1. The lowest BCUT2D eigenvalue weighted by atomic mass is 9.97. The topological polar surface area (TPSA) is 124 Å². The molecule has 1 rings (SSSR count). The molecule has 0 spiro atoms. The Morgan fingerprint density at radius 2 is 1.35 bits per heavy atom. The first-order chi connectivity index (χ1) is 15.2. The molecular weight excluding hydrogens is 505 g/mol. The molecule has 5 atom stereocenters. The summed E-state index contributed by atoms with van der Waals surface area (Å²) < 4.78 is 32.5. The molecule has 0 aromatic heterocycles. The van der Waals surface area contributed by atoms with Crippen LogP contribution in [0.15, 0.2) is 5.11 Å². The van der Waals surface area contributed by atoms with Crippen molar-refractivity contribution in [3.8, 4) is 0 Å². The van der Waals surface area contributed by atoms with E-state index in [1.807, 2.05) is 0 Å². The highest BCUT2D eigenvalue weighted by molar-refractivity contribution is 6.71. The molecule has 1 aliphatic heterocycles. The second kappa shape index (κ2) is 12.1. The molecule has 1 saturated heterocycles. The molecule has 0 bridgehead atoms. The van der Waals surface area contributed by atoms with Gasteiger partial charge in [0.1, 0.15) is 24.8 Å². The number of hydrogen-bond donors (Lipinski definition) is 1. The third kappa shape index (κ3) is 12.4. The Balaban J connectivity index is 3.51. The number of azide groups is 1. The summed E-state index contributed by atoms with van der Waals surface area (Å²) in [5, 5.41) is 6.39. The number of hydrogen-bond acceptors (Lipinski definition) is 7. The van der Waals surface area contributed by atoms with Crippen LogP contribution in [0, 0.1) is 0 Å². The zero-order valence-electron chi connectivity index (χ0n) is 23.1. The predicted octanol–water partition coefficient (Wildman–Crippen LogP) is 4.65. The van der Waals surface area contributed by atoms with Gasteiger partial charge in [-0.2, -0.15) is 0 Å². The fraction of sp³-hybridized carbons (Fsp3) is 0.950. The van der Waals surface area contributed by atoms with Crippen LogP contribution in [0.2, 0.25) is 78.6 Å². The summed E-state index contributed by atoms with van der Waals surface area (Å²) in [6.07, 6.45) is -2.09. The summed E-state index contributed by atoms with van der Waals surface area (Å²) in [4.78, 5) is 15.4. The second-order valence-corrected chi connectivity index (χ2v) is 30.5. The lowest BCUT2D eigenvalue weighted by Gasteiger charge is -2.51. The van der Waals surface area contributed by atoms with Gasteiger partial charge in [0.25, 0.3) is 0 Å². The van der Waals surface area contributed by atoms with E-state index in [-0.39, 0.29) is 6.54 Å². The van der Waals surface area contributed by atoms with Crippen molar-refractivity contribution in [2.24, 2.45) is 5.11 Å². The van der Waals surface area contributed by atoms with Crippen molar-refractivity contribution in [2.45, 2.75) is 109 Å². The molecule has 0 aliphatic carbocycles. The van der Waals surface area contributed by atoms with E-state index < -0.39 is 69.8 Å². The zero-order valence-corrected chi connectivity index (χ0v) is 27.1.